The standard InChI is InChI=1S/C16H24F2N4O2/c1-6-9(2)19-15(23)10(3)20-16(24)21-11-7-12(17)14(22(4)5)13(18)8-11/h7-10H,6H2,1-5H3,(H,19,23)(H2,20,21,24)/t9-,10+/m0/s1. The monoisotopic (exact) mass is 342 g/mol. The Morgan fingerprint density at radius 3 is 2.12 bits per heavy atom. The van der Waals surface area contributed by atoms with Crippen molar-refractivity contribution in [3.8, 4) is 0 Å². The SMILES string of the molecule is CC[C@H](C)NC(=O)[C@@H](C)NC(=O)Nc1cc(F)c(N(C)C)c(F)c1. The Bertz CT molecular complexity index is 585. The molecule has 0 aromatic heterocycles. The summed E-state index contributed by atoms with van der Waals surface area (Å²) in [6, 6.07) is 0.517. The molecule has 0 fully saturated rings. The third kappa shape index (κ3) is 5.36. The Labute approximate surface area is 140 Å². The number of urea groups is 1. The quantitative estimate of drug-likeness (QED) is 0.743. The largest absolute Gasteiger partial charge is 0.373 e. The van der Waals surface area contributed by atoms with E-state index >= 15 is 0 Å². The van der Waals surface area contributed by atoms with Gasteiger partial charge < -0.3 is 20.9 Å². The van der Waals surface area contributed by atoms with Gasteiger partial charge in [-0.15, -0.1) is 0 Å². The van der Waals surface area contributed by atoms with Crippen LogP contribution in [0.1, 0.15) is 27.2 Å². The van der Waals surface area contributed by atoms with Crippen LogP contribution in [0.2, 0.25) is 0 Å². The Hall–Kier alpha value is -2.38. The average Bonchev–Trinajstić information content (AvgIpc) is 2.45. The van der Waals surface area contributed by atoms with Crippen molar-refractivity contribution in [3.63, 3.8) is 0 Å². The van der Waals surface area contributed by atoms with Gasteiger partial charge in [0.05, 0.1) is 0 Å². The molecule has 0 bridgehead atoms. The first-order valence-electron chi connectivity index (χ1n) is 7.70. The van der Waals surface area contributed by atoms with Crippen LogP contribution in [0.3, 0.4) is 0 Å². The van der Waals surface area contributed by atoms with Gasteiger partial charge in [-0.1, -0.05) is 6.92 Å². The zero-order valence-corrected chi connectivity index (χ0v) is 14.5. The first-order valence-corrected chi connectivity index (χ1v) is 7.70. The number of carbonyl (C=O) groups is 2. The Kier molecular flexibility index (Phi) is 6.94. The molecule has 1 rings (SSSR count). The van der Waals surface area contributed by atoms with Gasteiger partial charge in [0.25, 0.3) is 0 Å². The van der Waals surface area contributed by atoms with Gasteiger partial charge in [0.15, 0.2) is 11.6 Å². The molecule has 3 amide bonds. The summed E-state index contributed by atoms with van der Waals surface area (Å²) in [6.45, 7) is 5.30. The number of nitrogens with one attached hydrogen (secondary N) is 3. The molecule has 8 heteroatoms. The molecule has 6 nitrogen and oxygen atoms in total. The highest BCUT2D eigenvalue weighted by Crippen LogP contribution is 2.25. The molecule has 0 unspecified atom stereocenters. The van der Waals surface area contributed by atoms with Crippen LogP contribution in [0.4, 0.5) is 25.0 Å². The summed E-state index contributed by atoms with van der Waals surface area (Å²) in [4.78, 5) is 25.0. The van der Waals surface area contributed by atoms with Gasteiger partial charge in [0.2, 0.25) is 5.91 Å². The zero-order valence-electron chi connectivity index (χ0n) is 14.5. The lowest BCUT2D eigenvalue weighted by Gasteiger charge is -2.18. The molecule has 0 spiro atoms. The van der Waals surface area contributed by atoms with Crippen LogP contribution < -0.4 is 20.9 Å². The second kappa shape index (κ2) is 8.47. The maximum Gasteiger partial charge on any atom is 0.319 e. The Morgan fingerprint density at radius 2 is 1.67 bits per heavy atom. The molecule has 0 saturated carbocycles. The first kappa shape index (κ1) is 19.7. The molecule has 1 aromatic rings. The predicted octanol–water partition coefficient (Wildman–Crippen LogP) is 2.46. The molecular formula is C16H24F2N4O2. The summed E-state index contributed by atoms with van der Waals surface area (Å²) in [5, 5.41) is 7.46. The van der Waals surface area contributed by atoms with E-state index in [2.05, 4.69) is 16.0 Å². The average molecular weight is 342 g/mol. The van der Waals surface area contributed by atoms with E-state index in [0.717, 1.165) is 18.6 Å². The van der Waals surface area contributed by atoms with Crippen molar-refractivity contribution in [2.24, 2.45) is 0 Å². The topological polar surface area (TPSA) is 73.5 Å². The molecule has 0 aliphatic rings. The number of benzene rings is 1. The number of anilines is 2. The van der Waals surface area contributed by atoms with Gasteiger partial charge in [-0.05, 0) is 32.4 Å². The summed E-state index contributed by atoms with van der Waals surface area (Å²) in [5.41, 5.74) is -0.232. The molecule has 2 atom stereocenters. The second-order valence-electron chi connectivity index (χ2n) is 5.82. The van der Waals surface area contributed by atoms with Crippen molar-refractivity contribution in [2.45, 2.75) is 39.3 Å². The third-order valence-electron chi connectivity index (χ3n) is 3.46. The lowest BCUT2D eigenvalue weighted by molar-refractivity contribution is -0.123. The van der Waals surface area contributed by atoms with E-state index in [1.807, 2.05) is 13.8 Å². The minimum absolute atomic E-state index is 0.00780. The highest BCUT2D eigenvalue weighted by atomic mass is 19.1. The highest BCUT2D eigenvalue weighted by Gasteiger charge is 2.18. The van der Waals surface area contributed by atoms with Gasteiger partial charge in [-0.2, -0.15) is 0 Å². The van der Waals surface area contributed by atoms with E-state index in [1.165, 1.54) is 25.9 Å². The summed E-state index contributed by atoms with van der Waals surface area (Å²) in [6.07, 6.45) is 0.765. The fraction of sp³-hybridized carbons (Fsp3) is 0.500. The van der Waals surface area contributed by atoms with Crippen LogP contribution in [0.25, 0.3) is 0 Å². The van der Waals surface area contributed by atoms with Crippen LogP contribution in [0.15, 0.2) is 12.1 Å². The molecule has 0 aliphatic carbocycles. The second-order valence-corrected chi connectivity index (χ2v) is 5.82. The number of hydrogen-bond acceptors (Lipinski definition) is 3. The normalized spacial score (nSPS) is 13.0. The number of hydrogen-bond donors (Lipinski definition) is 3. The fourth-order valence-electron chi connectivity index (χ4n) is 1.96. The van der Waals surface area contributed by atoms with Crippen LogP contribution in [0, 0.1) is 11.6 Å². The van der Waals surface area contributed by atoms with Crippen molar-refractivity contribution >= 4 is 23.3 Å². The number of amides is 3. The highest BCUT2D eigenvalue weighted by molar-refractivity contribution is 5.93. The van der Waals surface area contributed by atoms with Gasteiger partial charge in [-0.3, -0.25) is 4.79 Å². The van der Waals surface area contributed by atoms with Crippen LogP contribution >= 0.6 is 0 Å². The van der Waals surface area contributed by atoms with Gasteiger partial charge in [-0.25, -0.2) is 13.6 Å². The number of nitrogens with zero attached hydrogens (tertiary/aromatic N) is 1. The van der Waals surface area contributed by atoms with E-state index in [1.54, 1.807) is 0 Å². The van der Waals surface area contributed by atoms with Crippen LogP contribution in [0.5, 0.6) is 0 Å². The number of halogens is 2. The molecule has 24 heavy (non-hydrogen) atoms. The summed E-state index contributed by atoms with van der Waals surface area (Å²) >= 11 is 0. The molecule has 0 heterocycles. The van der Waals surface area contributed by atoms with E-state index in [9.17, 15) is 18.4 Å². The molecule has 3 N–H and O–H groups in total. The number of carbonyl (C=O) groups excluding carboxylic acids is 2. The lowest BCUT2D eigenvalue weighted by Crippen LogP contribution is -2.48. The van der Waals surface area contributed by atoms with Gasteiger partial charge >= 0.3 is 6.03 Å². The van der Waals surface area contributed by atoms with E-state index < -0.39 is 23.7 Å². The third-order valence-corrected chi connectivity index (χ3v) is 3.46. The molecule has 1 aromatic carbocycles. The van der Waals surface area contributed by atoms with Crippen molar-refractivity contribution in [1.82, 2.24) is 10.6 Å². The maximum atomic E-state index is 13.9. The smallest absolute Gasteiger partial charge is 0.319 e. The minimum Gasteiger partial charge on any atom is -0.373 e. The van der Waals surface area contributed by atoms with Crippen molar-refractivity contribution in [3.05, 3.63) is 23.8 Å². The van der Waals surface area contributed by atoms with Crippen LogP contribution in [-0.2, 0) is 4.79 Å². The number of rotatable bonds is 6. The van der Waals surface area contributed by atoms with E-state index in [0.29, 0.717) is 0 Å². The van der Waals surface area contributed by atoms with Crippen LogP contribution in [-0.4, -0.2) is 38.1 Å². The van der Waals surface area contributed by atoms with Gasteiger partial charge in [0, 0.05) is 25.8 Å². The van der Waals surface area contributed by atoms with Crippen molar-refractivity contribution in [1.29, 1.82) is 0 Å². The minimum atomic E-state index is -0.794. The summed E-state index contributed by atoms with van der Waals surface area (Å²) < 4.78 is 27.7. The first-order chi connectivity index (χ1) is 11.1. The summed E-state index contributed by atoms with van der Waals surface area (Å²) in [7, 11) is 3.03. The van der Waals surface area contributed by atoms with Gasteiger partial charge in [0.1, 0.15) is 11.7 Å². The van der Waals surface area contributed by atoms with E-state index in [-0.39, 0.29) is 23.3 Å². The molecular weight excluding hydrogens is 318 g/mol. The lowest BCUT2D eigenvalue weighted by atomic mass is 10.2. The molecule has 0 radical (unpaired) electrons. The molecule has 0 aliphatic heterocycles. The predicted molar refractivity (Wildman–Crippen MR) is 90.2 cm³/mol. The Morgan fingerprint density at radius 1 is 1.12 bits per heavy atom. The summed E-state index contributed by atoms with van der Waals surface area (Å²) in [5.74, 6) is -1.92. The van der Waals surface area contributed by atoms with E-state index in [4.69, 9.17) is 0 Å². The Balaban J connectivity index is 2.70. The zero-order chi connectivity index (χ0) is 18.4. The van der Waals surface area contributed by atoms with Crippen molar-refractivity contribution < 1.29 is 18.4 Å². The molecule has 134 valence electrons. The molecule has 0 saturated heterocycles. The van der Waals surface area contributed by atoms with Crippen molar-refractivity contribution in [2.75, 3.05) is 24.3 Å². The maximum absolute atomic E-state index is 13.9. The fourth-order valence-corrected chi connectivity index (χ4v) is 1.96.